The molecule has 3 nitrogen and oxygen atoms in total. The minimum Gasteiger partial charge on any atom is -0.300 e. The first-order valence-corrected chi connectivity index (χ1v) is 13.6. The van der Waals surface area contributed by atoms with Gasteiger partial charge in [0.25, 0.3) is 0 Å². The molecule has 0 N–H and O–H groups in total. The molecule has 0 spiro atoms. The van der Waals surface area contributed by atoms with Crippen LogP contribution in [-0.2, 0) is 5.41 Å². The van der Waals surface area contributed by atoms with Crippen molar-refractivity contribution in [2.75, 3.05) is 0 Å². The number of aromatic nitrogens is 3. The Kier molecular flexibility index (Phi) is 5.04. The highest BCUT2D eigenvalue weighted by Gasteiger charge is 2.46. The second-order valence-electron chi connectivity index (χ2n) is 10.3. The zero-order chi connectivity index (χ0) is 26.5. The van der Waals surface area contributed by atoms with E-state index in [4.69, 9.17) is 0 Å². The Balaban J connectivity index is 1.36. The lowest BCUT2D eigenvalue weighted by atomic mass is 9.67. The van der Waals surface area contributed by atoms with Crippen LogP contribution in [0, 0.1) is 0 Å². The number of benzene rings is 5. The van der Waals surface area contributed by atoms with Gasteiger partial charge in [-0.05, 0) is 57.6 Å². The summed E-state index contributed by atoms with van der Waals surface area (Å²) < 4.78 is 2.14. The SMILES string of the molecule is c1ccc(-c2ccc(-n3ccc4c5c(ccc43)C(c3ccccc3)(c3ccccc3)c3ccccc3-5)nn2)cc1. The predicted molar refractivity (Wildman–Crippen MR) is 162 cm³/mol. The molecule has 2 aromatic heterocycles. The van der Waals surface area contributed by atoms with E-state index >= 15 is 0 Å². The van der Waals surface area contributed by atoms with Gasteiger partial charge in [0, 0.05) is 17.1 Å². The molecule has 1 aliphatic carbocycles. The molecule has 40 heavy (non-hydrogen) atoms. The van der Waals surface area contributed by atoms with Crippen molar-refractivity contribution >= 4 is 10.9 Å². The number of hydrogen-bond donors (Lipinski definition) is 0. The Morgan fingerprint density at radius 1 is 0.500 bits per heavy atom. The molecule has 0 saturated heterocycles. The van der Waals surface area contributed by atoms with Crippen molar-refractivity contribution in [1.29, 1.82) is 0 Å². The van der Waals surface area contributed by atoms with E-state index in [2.05, 4.69) is 136 Å². The van der Waals surface area contributed by atoms with Crippen LogP contribution in [0.15, 0.2) is 152 Å². The molecule has 7 aromatic rings. The van der Waals surface area contributed by atoms with Crippen LogP contribution in [0.5, 0.6) is 0 Å². The lowest BCUT2D eigenvalue weighted by Crippen LogP contribution is -2.28. The van der Waals surface area contributed by atoms with Crippen molar-refractivity contribution in [2.24, 2.45) is 0 Å². The van der Waals surface area contributed by atoms with Gasteiger partial charge in [0.05, 0.1) is 16.6 Å². The van der Waals surface area contributed by atoms with E-state index in [1.165, 1.54) is 38.8 Å². The minimum atomic E-state index is -0.401. The molecule has 0 aliphatic heterocycles. The lowest BCUT2D eigenvalue weighted by Gasteiger charge is -2.33. The van der Waals surface area contributed by atoms with Crippen molar-refractivity contribution in [3.05, 3.63) is 174 Å². The van der Waals surface area contributed by atoms with Gasteiger partial charge in [0.15, 0.2) is 5.82 Å². The van der Waals surface area contributed by atoms with Crippen LogP contribution in [0.3, 0.4) is 0 Å². The standard InChI is InChI=1S/C37H25N3/c1-4-12-26(13-5-1)33-21-23-35(39-38-33)40-25-24-30-34(40)22-20-32-36(30)29-18-10-11-19-31(29)37(32,27-14-6-2-7-15-27)28-16-8-3-9-17-28/h1-25H. The van der Waals surface area contributed by atoms with E-state index in [0.29, 0.717) is 0 Å². The van der Waals surface area contributed by atoms with Crippen LogP contribution in [0.2, 0.25) is 0 Å². The van der Waals surface area contributed by atoms with Crippen LogP contribution in [0.1, 0.15) is 22.3 Å². The molecule has 2 heterocycles. The smallest absolute Gasteiger partial charge is 0.159 e. The highest BCUT2D eigenvalue weighted by molar-refractivity contribution is 6.03. The van der Waals surface area contributed by atoms with Crippen molar-refractivity contribution < 1.29 is 0 Å². The number of fused-ring (bicyclic) bond motifs is 5. The fraction of sp³-hybridized carbons (Fsp3) is 0.0270. The van der Waals surface area contributed by atoms with Crippen molar-refractivity contribution in [3.8, 4) is 28.2 Å². The summed E-state index contributed by atoms with van der Waals surface area (Å²) >= 11 is 0. The fourth-order valence-corrected chi connectivity index (χ4v) is 6.57. The predicted octanol–water partition coefficient (Wildman–Crippen LogP) is 8.45. The Hall–Kier alpha value is -5.28. The summed E-state index contributed by atoms with van der Waals surface area (Å²) in [6, 6.07) is 51.8. The topological polar surface area (TPSA) is 30.7 Å². The van der Waals surface area contributed by atoms with Gasteiger partial charge < -0.3 is 0 Å². The van der Waals surface area contributed by atoms with Crippen LogP contribution in [0.4, 0.5) is 0 Å². The zero-order valence-electron chi connectivity index (χ0n) is 21.8. The number of nitrogens with zero attached hydrogens (tertiary/aromatic N) is 3. The van der Waals surface area contributed by atoms with Gasteiger partial charge in [-0.15, -0.1) is 10.2 Å². The lowest BCUT2D eigenvalue weighted by molar-refractivity contribution is 0.769. The Bertz CT molecular complexity index is 1930. The van der Waals surface area contributed by atoms with Gasteiger partial charge in [0.2, 0.25) is 0 Å². The average Bonchev–Trinajstić information content (AvgIpc) is 3.60. The molecule has 0 unspecified atom stereocenters. The maximum atomic E-state index is 4.62. The van der Waals surface area contributed by atoms with E-state index in [9.17, 15) is 0 Å². The summed E-state index contributed by atoms with van der Waals surface area (Å²) in [4.78, 5) is 0. The van der Waals surface area contributed by atoms with Crippen LogP contribution in [-0.4, -0.2) is 14.8 Å². The Morgan fingerprint density at radius 3 is 1.82 bits per heavy atom. The van der Waals surface area contributed by atoms with Gasteiger partial charge in [0.1, 0.15) is 0 Å². The molecule has 0 amide bonds. The van der Waals surface area contributed by atoms with Gasteiger partial charge in [-0.25, -0.2) is 0 Å². The maximum absolute atomic E-state index is 4.62. The summed E-state index contributed by atoms with van der Waals surface area (Å²) in [5.41, 5.74) is 10.4. The molecular weight excluding hydrogens is 486 g/mol. The molecule has 5 aromatic carbocycles. The van der Waals surface area contributed by atoms with E-state index in [1.807, 2.05) is 30.3 Å². The average molecular weight is 512 g/mol. The third-order valence-electron chi connectivity index (χ3n) is 8.26. The molecule has 8 rings (SSSR count). The van der Waals surface area contributed by atoms with Crippen LogP contribution < -0.4 is 0 Å². The summed E-state index contributed by atoms with van der Waals surface area (Å²) in [5.74, 6) is 0.804. The summed E-state index contributed by atoms with van der Waals surface area (Å²) in [6.45, 7) is 0. The third kappa shape index (κ3) is 3.18. The molecular formula is C37H25N3. The molecule has 0 saturated carbocycles. The molecule has 0 radical (unpaired) electrons. The maximum Gasteiger partial charge on any atom is 0.159 e. The van der Waals surface area contributed by atoms with Crippen molar-refractivity contribution in [2.45, 2.75) is 5.41 Å². The van der Waals surface area contributed by atoms with Gasteiger partial charge >= 0.3 is 0 Å². The summed E-state index contributed by atoms with van der Waals surface area (Å²) in [5, 5.41) is 10.4. The van der Waals surface area contributed by atoms with Crippen LogP contribution in [0.25, 0.3) is 39.1 Å². The zero-order valence-corrected chi connectivity index (χ0v) is 21.8. The Labute approximate surface area is 233 Å². The van der Waals surface area contributed by atoms with Crippen LogP contribution >= 0.6 is 0 Å². The van der Waals surface area contributed by atoms with Gasteiger partial charge in [-0.2, -0.15) is 0 Å². The van der Waals surface area contributed by atoms with E-state index < -0.39 is 5.41 Å². The molecule has 1 aliphatic rings. The highest BCUT2D eigenvalue weighted by atomic mass is 15.2. The largest absolute Gasteiger partial charge is 0.300 e. The van der Waals surface area contributed by atoms with E-state index in [-0.39, 0.29) is 0 Å². The first-order chi connectivity index (χ1) is 19.9. The third-order valence-corrected chi connectivity index (χ3v) is 8.26. The first-order valence-electron chi connectivity index (χ1n) is 13.6. The highest BCUT2D eigenvalue weighted by Crippen LogP contribution is 2.57. The van der Waals surface area contributed by atoms with Gasteiger partial charge in [-0.1, -0.05) is 121 Å². The molecule has 0 bridgehead atoms. The summed E-state index contributed by atoms with van der Waals surface area (Å²) in [7, 11) is 0. The van der Waals surface area contributed by atoms with Crippen molar-refractivity contribution in [3.63, 3.8) is 0 Å². The van der Waals surface area contributed by atoms with Gasteiger partial charge in [-0.3, -0.25) is 4.57 Å². The minimum absolute atomic E-state index is 0.401. The normalized spacial score (nSPS) is 13.2. The summed E-state index contributed by atoms with van der Waals surface area (Å²) in [6.07, 6.45) is 2.12. The number of hydrogen-bond acceptors (Lipinski definition) is 2. The van der Waals surface area contributed by atoms with E-state index in [0.717, 1.165) is 22.6 Å². The molecule has 3 heteroatoms. The Morgan fingerprint density at radius 2 is 1.15 bits per heavy atom. The molecule has 188 valence electrons. The van der Waals surface area contributed by atoms with Crippen molar-refractivity contribution in [1.82, 2.24) is 14.8 Å². The molecule has 0 atom stereocenters. The van der Waals surface area contributed by atoms with E-state index in [1.54, 1.807) is 0 Å². The molecule has 0 fully saturated rings. The fourth-order valence-electron chi connectivity index (χ4n) is 6.57. The second kappa shape index (κ2) is 8.89. The number of rotatable bonds is 4. The quantitative estimate of drug-likeness (QED) is 0.237. The first kappa shape index (κ1) is 22.7. The second-order valence-corrected chi connectivity index (χ2v) is 10.3. The monoisotopic (exact) mass is 511 g/mol.